The van der Waals surface area contributed by atoms with E-state index in [4.69, 9.17) is 4.74 Å². The van der Waals surface area contributed by atoms with Crippen molar-refractivity contribution in [3.63, 3.8) is 0 Å². The van der Waals surface area contributed by atoms with Crippen LogP contribution in [-0.4, -0.2) is 23.1 Å². The number of hydrogen-bond donors (Lipinski definition) is 1. The summed E-state index contributed by atoms with van der Waals surface area (Å²) in [6.45, 7) is 1.26. The molecular formula is C16H15N3O. The lowest BCUT2D eigenvalue weighted by molar-refractivity contribution is 0.331. The topological polar surface area (TPSA) is 47.0 Å². The number of pyridine rings is 2. The number of rotatable bonds is 5. The average Bonchev–Trinajstić information content (AvgIpc) is 2.52. The zero-order valence-electron chi connectivity index (χ0n) is 11.0. The molecule has 0 radical (unpaired) electrons. The number of ether oxygens (including phenoxy) is 1. The first-order valence-electron chi connectivity index (χ1n) is 6.54. The first-order chi connectivity index (χ1) is 9.92. The van der Waals surface area contributed by atoms with Crippen LogP contribution >= 0.6 is 0 Å². The summed E-state index contributed by atoms with van der Waals surface area (Å²) in [5.74, 6) is 1.64. The van der Waals surface area contributed by atoms with E-state index in [1.54, 1.807) is 12.4 Å². The van der Waals surface area contributed by atoms with Gasteiger partial charge < -0.3 is 10.1 Å². The van der Waals surface area contributed by atoms with Gasteiger partial charge in [-0.3, -0.25) is 4.98 Å². The fourth-order valence-electron chi connectivity index (χ4n) is 1.94. The fourth-order valence-corrected chi connectivity index (χ4v) is 1.94. The van der Waals surface area contributed by atoms with E-state index in [1.807, 2.05) is 36.4 Å². The van der Waals surface area contributed by atoms with Gasteiger partial charge in [0.05, 0.1) is 18.3 Å². The highest BCUT2D eigenvalue weighted by atomic mass is 16.5. The van der Waals surface area contributed by atoms with Gasteiger partial charge in [0.1, 0.15) is 18.2 Å². The van der Waals surface area contributed by atoms with E-state index >= 15 is 0 Å². The first kappa shape index (κ1) is 12.4. The van der Waals surface area contributed by atoms with Gasteiger partial charge in [0, 0.05) is 11.6 Å². The minimum Gasteiger partial charge on any atom is -0.490 e. The van der Waals surface area contributed by atoms with Crippen molar-refractivity contribution in [2.45, 2.75) is 0 Å². The van der Waals surface area contributed by atoms with E-state index < -0.39 is 0 Å². The molecule has 100 valence electrons. The van der Waals surface area contributed by atoms with Crippen molar-refractivity contribution < 1.29 is 4.74 Å². The summed E-state index contributed by atoms with van der Waals surface area (Å²) in [6.07, 6.45) is 3.43. The van der Waals surface area contributed by atoms with E-state index in [1.165, 1.54) is 0 Å². The molecule has 2 heterocycles. The Hall–Kier alpha value is -2.62. The summed E-state index contributed by atoms with van der Waals surface area (Å²) in [5, 5.41) is 4.39. The maximum Gasteiger partial charge on any atom is 0.137 e. The molecule has 3 rings (SSSR count). The minimum atomic E-state index is 0.570. The molecule has 20 heavy (non-hydrogen) atoms. The van der Waals surface area contributed by atoms with Crippen molar-refractivity contribution in [3.05, 3.63) is 60.9 Å². The van der Waals surface area contributed by atoms with Crippen molar-refractivity contribution in [3.8, 4) is 5.75 Å². The third-order valence-electron chi connectivity index (χ3n) is 2.91. The van der Waals surface area contributed by atoms with Crippen LogP contribution in [0.2, 0.25) is 0 Å². The molecule has 1 aromatic carbocycles. The highest BCUT2D eigenvalue weighted by Gasteiger charge is 1.97. The average molecular weight is 265 g/mol. The molecule has 1 N–H and O–H groups in total. The summed E-state index contributed by atoms with van der Waals surface area (Å²) in [5.41, 5.74) is 0.991. The van der Waals surface area contributed by atoms with Gasteiger partial charge >= 0.3 is 0 Å². The third-order valence-corrected chi connectivity index (χ3v) is 2.91. The molecule has 0 atom stereocenters. The zero-order valence-corrected chi connectivity index (χ0v) is 11.0. The maximum atomic E-state index is 5.56. The molecule has 0 spiro atoms. The maximum absolute atomic E-state index is 5.56. The minimum absolute atomic E-state index is 0.570. The monoisotopic (exact) mass is 265 g/mol. The van der Waals surface area contributed by atoms with Crippen LogP contribution in [-0.2, 0) is 0 Å². The van der Waals surface area contributed by atoms with Gasteiger partial charge in [0.15, 0.2) is 0 Å². The Bertz CT molecular complexity index is 685. The molecule has 0 aliphatic rings. The van der Waals surface area contributed by atoms with Crippen LogP contribution in [0.3, 0.4) is 0 Å². The number of fused-ring (bicyclic) bond motifs is 1. The van der Waals surface area contributed by atoms with Gasteiger partial charge in [0.2, 0.25) is 0 Å². The third kappa shape index (κ3) is 3.03. The van der Waals surface area contributed by atoms with Crippen molar-refractivity contribution in [2.24, 2.45) is 0 Å². The molecule has 2 aromatic heterocycles. The van der Waals surface area contributed by atoms with Crippen LogP contribution in [0.15, 0.2) is 60.9 Å². The lowest BCUT2D eigenvalue weighted by Gasteiger charge is -2.08. The van der Waals surface area contributed by atoms with Crippen LogP contribution in [0, 0.1) is 0 Å². The fraction of sp³-hybridized carbons (Fsp3) is 0.125. The predicted octanol–water partition coefficient (Wildman–Crippen LogP) is 3.12. The van der Waals surface area contributed by atoms with Gasteiger partial charge in [-0.15, -0.1) is 0 Å². The SMILES string of the molecule is c1cncc(OCCNc2ccc3ccccc3n2)c1. The molecule has 0 amide bonds. The van der Waals surface area contributed by atoms with E-state index in [-0.39, 0.29) is 0 Å². The molecule has 0 saturated heterocycles. The van der Waals surface area contributed by atoms with E-state index in [0.717, 1.165) is 22.5 Å². The lowest BCUT2D eigenvalue weighted by Crippen LogP contribution is -2.12. The van der Waals surface area contributed by atoms with E-state index in [2.05, 4.69) is 27.4 Å². The molecule has 0 bridgehead atoms. The van der Waals surface area contributed by atoms with Gasteiger partial charge in [-0.25, -0.2) is 4.98 Å². The summed E-state index contributed by atoms with van der Waals surface area (Å²) >= 11 is 0. The van der Waals surface area contributed by atoms with Crippen molar-refractivity contribution >= 4 is 16.7 Å². The molecule has 3 aromatic rings. The second kappa shape index (κ2) is 6.02. The van der Waals surface area contributed by atoms with Crippen molar-refractivity contribution in [1.82, 2.24) is 9.97 Å². The van der Waals surface area contributed by atoms with Crippen LogP contribution in [0.1, 0.15) is 0 Å². The second-order valence-corrected chi connectivity index (χ2v) is 4.35. The van der Waals surface area contributed by atoms with Crippen molar-refractivity contribution in [1.29, 1.82) is 0 Å². The standard InChI is InChI=1S/C16H15N3O/c1-2-6-15-13(4-1)7-8-16(19-15)18-10-11-20-14-5-3-9-17-12-14/h1-9,12H,10-11H2,(H,18,19). The normalized spacial score (nSPS) is 10.4. The van der Waals surface area contributed by atoms with Gasteiger partial charge in [0.25, 0.3) is 0 Å². The quantitative estimate of drug-likeness (QED) is 0.720. The highest BCUT2D eigenvalue weighted by Crippen LogP contribution is 2.14. The molecule has 4 nitrogen and oxygen atoms in total. The summed E-state index contributed by atoms with van der Waals surface area (Å²) in [4.78, 5) is 8.54. The smallest absolute Gasteiger partial charge is 0.137 e. The number of para-hydroxylation sites is 1. The van der Waals surface area contributed by atoms with Crippen LogP contribution in [0.25, 0.3) is 10.9 Å². The highest BCUT2D eigenvalue weighted by molar-refractivity contribution is 5.79. The Balaban J connectivity index is 1.55. The molecule has 0 saturated carbocycles. The number of aromatic nitrogens is 2. The second-order valence-electron chi connectivity index (χ2n) is 4.35. The summed E-state index contributed by atoms with van der Waals surface area (Å²) in [7, 11) is 0. The van der Waals surface area contributed by atoms with Gasteiger partial charge in [-0.1, -0.05) is 18.2 Å². The lowest BCUT2D eigenvalue weighted by atomic mass is 10.2. The summed E-state index contributed by atoms with van der Waals surface area (Å²) in [6, 6.07) is 15.8. The molecule has 0 aliphatic carbocycles. The summed E-state index contributed by atoms with van der Waals surface area (Å²) < 4.78 is 5.56. The number of nitrogens with zero attached hydrogens (tertiary/aromatic N) is 2. The van der Waals surface area contributed by atoms with Crippen LogP contribution < -0.4 is 10.1 Å². The zero-order chi connectivity index (χ0) is 13.6. The van der Waals surface area contributed by atoms with Crippen LogP contribution in [0.5, 0.6) is 5.75 Å². The Labute approximate surface area is 117 Å². The van der Waals surface area contributed by atoms with Crippen LogP contribution in [0.4, 0.5) is 5.82 Å². The molecule has 0 unspecified atom stereocenters. The number of hydrogen-bond acceptors (Lipinski definition) is 4. The van der Waals surface area contributed by atoms with E-state index in [9.17, 15) is 0 Å². The number of nitrogens with one attached hydrogen (secondary N) is 1. The number of benzene rings is 1. The van der Waals surface area contributed by atoms with Gasteiger partial charge in [-0.05, 0) is 30.3 Å². The van der Waals surface area contributed by atoms with Gasteiger partial charge in [-0.2, -0.15) is 0 Å². The van der Waals surface area contributed by atoms with Crippen molar-refractivity contribution in [2.75, 3.05) is 18.5 Å². The molecule has 0 fully saturated rings. The van der Waals surface area contributed by atoms with E-state index in [0.29, 0.717) is 13.2 Å². The first-order valence-corrected chi connectivity index (χ1v) is 6.54. The molecule has 0 aliphatic heterocycles. The Morgan fingerprint density at radius 2 is 1.95 bits per heavy atom. The molecule has 4 heteroatoms. The Kier molecular flexibility index (Phi) is 3.73. The largest absolute Gasteiger partial charge is 0.490 e. The predicted molar refractivity (Wildman–Crippen MR) is 80.0 cm³/mol. The molecular weight excluding hydrogens is 250 g/mol. The Morgan fingerprint density at radius 3 is 2.85 bits per heavy atom. The Morgan fingerprint density at radius 1 is 1.00 bits per heavy atom. The number of anilines is 1.